The van der Waals surface area contributed by atoms with Crippen LogP contribution in [-0.2, 0) is 4.79 Å². The Labute approximate surface area is 159 Å². The van der Waals surface area contributed by atoms with Gasteiger partial charge in [0.1, 0.15) is 0 Å². The Bertz CT molecular complexity index is 930. The molecule has 1 amide bonds. The third-order valence-electron chi connectivity index (χ3n) is 4.15. The Morgan fingerprint density at radius 3 is 2.48 bits per heavy atom. The molecule has 1 heterocycles. The van der Waals surface area contributed by atoms with Gasteiger partial charge in [0.25, 0.3) is 0 Å². The first-order chi connectivity index (χ1) is 13.0. The Morgan fingerprint density at radius 2 is 1.85 bits per heavy atom. The van der Waals surface area contributed by atoms with Crippen LogP contribution >= 0.6 is 0 Å². The number of benzene rings is 2. The Morgan fingerprint density at radius 1 is 1.15 bits per heavy atom. The summed E-state index contributed by atoms with van der Waals surface area (Å²) in [5.41, 5.74) is 3.69. The fraction of sp³-hybridized carbons (Fsp3) is 0.286. The third kappa shape index (κ3) is 4.34. The normalized spacial score (nSPS) is 10.9. The molecule has 0 saturated heterocycles. The SMILES string of the molecule is COc1nc(-c2ccccc2C)n(-c2ccc(NC(=O)CC(C)C)cc2)n1. The number of anilines is 1. The van der Waals surface area contributed by atoms with Gasteiger partial charge in [0, 0.05) is 17.7 Å². The maximum absolute atomic E-state index is 11.9. The molecule has 0 aliphatic heterocycles. The van der Waals surface area contributed by atoms with Crippen LogP contribution in [0.4, 0.5) is 5.69 Å². The van der Waals surface area contributed by atoms with E-state index in [1.54, 1.807) is 11.8 Å². The van der Waals surface area contributed by atoms with E-state index in [4.69, 9.17) is 4.74 Å². The first-order valence-electron chi connectivity index (χ1n) is 8.95. The minimum Gasteiger partial charge on any atom is -0.466 e. The number of rotatable bonds is 6. The van der Waals surface area contributed by atoms with Crippen molar-refractivity contribution in [3.05, 3.63) is 54.1 Å². The zero-order valence-electron chi connectivity index (χ0n) is 16.1. The van der Waals surface area contributed by atoms with Crippen LogP contribution in [0.25, 0.3) is 17.1 Å². The highest BCUT2D eigenvalue weighted by molar-refractivity contribution is 5.90. The number of carbonyl (C=O) groups is 1. The van der Waals surface area contributed by atoms with Gasteiger partial charge in [0.05, 0.1) is 12.8 Å². The summed E-state index contributed by atoms with van der Waals surface area (Å²) in [6.45, 7) is 6.08. The molecule has 1 aromatic heterocycles. The van der Waals surface area contributed by atoms with Gasteiger partial charge in [-0.25, -0.2) is 4.68 Å². The van der Waals surface area contributed by atoms with Crippen molar-refractivity contribution in [1.82, 2.24) is 14.8 Å². The lowest BCUT2D eigenvalue weighted by atomic mass is 10.1. The molecule has 0 saturated carbocycles. The lowest BCUT2D eigenvalue weighted by Crippen LogP contribution is -2.13. The lowest BCUT2D eigenvalue weighted by molar-refractivity contribution is -0.116. The van der Waals surface area contributed by atoms with Crippen LogP contribution in [0.15, 0.2) is 48.5 Å². The number of carbonyl (C=O) groups excluding carboxylic acids is 1. The standard InChI is InChI=1S/C21H24N4O2/c1-14(2)13-19(26)22-16-9-11-17(12-10-16)25-20(23-21(24-25)27-4)18-8-6-5-7-15(18)3/h5-12,14H,13H2,1-4H3,(H,22,26). The van der Waals surface area contributed by atoms with Crippen molar-refractivity contribution in [2.24, 2.45) is 5.92 Å². The third-order valence-corrected chi connectivity index (χ3v) is 4.15. The summed E-state index contributed by atoms with van der Waals surface area (Å²) in [5, 5.41) is 7.36. The van der Waals surface area contributed by atoms with Crippen LogP contribution in [0.2, 0.25) is 0 Å². The quantitative estimate of drug-likeness (QED) is 0.710. The second kappa shape index (κ2) is 8.03. The van der Waals surface area contributed by atoms with Gasteiger partial charge in [0.2, 0.25) is 5.91 Å². The van der Waals surface area contributed by atoms with Gasteiger partial charge >= 0.3 is 6.01 Å². The van der Waals surface area contributed by atoms with Gasteiger partial charge in [-0.15, -0.1) is 5.10 Å². The van der Waals surface area contributed by atoms with Crippen LogP contribution in [-0.4, -0.2) is 27.8 Å². The lowest BCUT2D eigenvalue weighted by Gasteiger charge is -2.10. The van der Waals surface area contributed by atoms with E-state index < -0.39 is 0 Å². The molecule has 6 nitrogen and oxygen atoms in total. The van der Waals surface area contributed by atoms with Crippen molar-refractivity contribution >= 4 is 11.6 Å². The zero-order valence-corrected chi connectivity index (χ0v) is 16.1. The maximum Gasteiger partial charge on any atom is 0.336 e. The first-order valence-corrected chi connectivity index (χ1v) is 8.95. The van der Waals surface area contributed by atoms with Crippen LogP contribution in [0.5, 0.6) is 6.01 Å². The molecule has 0 bridgehead atoms. The summed E-state index contributed by atoms with van der Waals surface area (Å²) < 4.78 is 6.98. The molecule has 2 aromatic carbocycles. The van der Waals surface area contributed by atoms with Crippen molar-refractivity contribution in [3.8, 4) is 23.1 Å². The van der Waals surface area contributed by atoms with E-state index in [0.29, 0.717) is 24.2 Å². The maximum atomic E-state index is 11.9. The number of nitrogens with zero attached hydrogens (tertiary/aromatic N) is 3. The summed E-state index contributed by atoms with van der Waals surface area (Å²) in [7, 11) is 1.55. The van der Waals surface area contributed by atoms with Crippen molar-refractivity contribution in [2.75, 3.05) is 12.4 Å². The summed E-state index contributed by atoms with van der Waals surface area (Å²) in [5.74, 6) is 1.05. The first kappa shape index (κ1) is 18.6. The number of aromatic nitrogens is 3. The molecule has 6 heteroatoms. The number of hydrogen-bond acceptors (Lipinski definition) is 4. The second-order valence-electron chi connectivity index (χ2n) is 6.84. The predicted molar refractivity (Wildman–Crippen MR) is 106 cm³/mol. The van der Waals surface area contributed by atoms with E-state index in [1.807, 2.05) is 69.3 Å². The van der Waals surface area contributed by atoms with Gasteiger partial charge in [-0.3, -0.25) is 4.79 Å². The molecule has 0 atom stereocenters. The number of methoxy groups -OCH3 is 1. The summed E-state index contributed by atoms with van der Waals surface area (Å²) in [4.78, 5) is 16.4. The summed E-state index contributed by atoms with van der Waals surface area (Å²) >= 11 is 0. The molecule has 0 unspecified atom stereocenters. The number of nitrogens with one attached hydrogen (secondary N) is 1. The van der Waals surface area contributed by atoms with Crippen LogP contribution in [0.1, 0.15) is 25.8 Å². The predicted octanol–water partition coefficient (Wildman–Crippen LogP) is 4.24. The van der Waals surface area contributed by atoms with Crippen molar-refractivity contribution in [2.45, 2.75) is 27.2 Å². The fourth-order valence-electron chi connectivity index (χ4n) is 2.83. The molecular formula is C21H24N4O2. The van der Waals surface area contributed by atoms with Crippen molar-refractivity contribution in [1.29, 1.82) is 0 Å². The van der Waals surface area contributed by atoms with E-state index in [9.17, 15) is 4.79 Å². The van der Waals surface area contributed by atoms with E-state index in [1.165, 1.54) is 0 Å². The van der Waals surface area contributed by atoms with Crippen molar-refractivity contribution in [3.63, 3.8) is 0 Å². The van der Waals surface area contributed by atoms with E-state index >= 15 is 0 Å². The largest absolute Gasteiger partial charge is 0.466 e. The molecule has 27 heavy (non-hydrogen) atoms. The van der Waals surface area contributed by atoms with Gasteiger partial charge in [0.15, 0.2) is 5.82 Å². The minimum absolute atomic E-state index is 0.0146. The average molecular weight is 364 g/mol. The van der Waals surface area contributed by atoms with Gasteiger partial charge < -0.3 is 10.1 Å². The highest BCUT2D eigenvalue weighted by Crippen LogP contribution is 2.26. The van der Waals surface area contributed by atoms with Crippen LogP contribution in [0, 0.1) is 12.8 Å². The van der Waals surface area contributed by atoms with E-state index in [2.05, 4.69) is 15.4 Å². The molecule has 0 fully saturated rings. The number of amides is 1. The molecular weight excluding hydrogens is 340 g/mol. The Kier molecular flexibility index (Phi) is 5.54. The molecule has 0 aliphatic carbocycles. The molecule has 3 aromatic rings. The minimum atomic E-state index is 0.0146. The smallest absolute Gasteiger partial charge is 0.336 e. The molecule has 3 rings (SSSR count). The summed E-state index contributed by atoms with van der Waals surface area (Å²) in [6, 6.07) is 15.9. The Balaban J connectivity index is 1.91. The second-order valence-corrected chi connectivity index (χ2v) is 6.84. The molecule has 1 N–H and O–H groups in total. The van der Waals surface area contributed by atoms with Gasteiger partial charge in [-0.05, 0) is 42.7 Å². The molecule has 140 valence electrons. The number of aryl methyl sites for hydroxylation is 1. The topological polar surface area (TPSA) is 69.0 Å². The monoisotopic (exact) mass is 364 g/mol. The molecule has 0 aliphatic rings. The molecule has 0 spiro atoms. The molecule has 0 radical (unpaired) electrons. The Hall–Kier alpha value is -3.15. The summed E-state index contributed by atoms with van der Waals surface area (Å²) in [6.07, 6.45) is 0.499. The number of ether oxygens (including phenoxy) is 1. The van der Waals surface area contributed by atoms with E-state index in [0.717, 1.165) is 22.5 Å². The number of hydrogen-bond donors (Lipinski definition) is 1. The zero-order chi connectivity index (χ0) is 19.4. The van der Waals surface area contributed by atoms with E-state index in [-0.39, 0.29) is 5.91 Å². The highest BCUT2D eigenvalue weighted by atomic mass is 16.5. The van der Waals surface area contributed by atoms with Crippen LogP contribution < -0.4 is 10.1 Å². The van der Waals surface area contributed by atoms with Gasteiger partial charge in [-0.2, -0.15) is 4.98 Å². The fourth-order valence-corrected chi connectivity index (χ4v) is 2.83. The van der Waals surface area contributed by atoms with Crippen LogP contribution in [0.3, 0.4) is 0 Å². The highest BCUT2D eigenvalue weighted by Gasteiger charge is 2.15. The average Bonchev–Trinajstić information content (AvgIpc) is 3.06. The van der Waals surface area contributed by atoms with Crippen molar-refractivity contribution < 1.29 is 9.53 Å². The van der Waals surface area contributed by atoms with Gasteiger partial charge in [-0.1, -0.05) is 38.1 Å².